The smallest absolute Gasteiger partial charge is 0.123 e. The highest BCUT2D eigenvalue weighted by atomic mass is 19.1. The van der Waals surface area contributed by atoms with Crippen LogP contribution >= 0.6 is 0 Å². The number of halogens is 1. The molecule has 1 aromatic rings. The van der Waals surface area contributed by atoms with Gasteiger partial charge in [0.05, 0.1) is 6.10 Å². The third-order valence-electron chi connectivity index (χ3n) is 3.33. The molecule has 0 spiro atoms. The number of β-amino-alcohol motifs (C(OH)–C–C–N with tert-alkyl or cyclic N) is 1. The standard InChI is InChI=1S/C13H19FN2O/c1-9-4-12(14)3-2-10(9)5-15-6-11-7-16-8-13(11)17/h2-4,11,13,15-17H,5-8H2,1H3. The monoisotopic (exact) mass is 238 g/mol. The van der Waals surface area contributed by atoms with Gasteiger partial charge in [0.1, 0.15) is 5.82 Å². The topological polar surface area (TPSA) is 44.3 Å². The minimum atomic E-state index is -0.253. The summed E-state index contributed by atoms with van der Waals surface area (Å²) in [5.41, 5.74) is 2.06. The molecule has 0 amide bonds. The number of rotatable bonds is 4. The first-order chi connectivity index (χ1) is 8.16. The van der Waals surface area contributed by atoms with Crippen LogP contribution in [0.1, 0.15) is 11.1 Å². The fraction of sp³-hybridized carbons (Fsp3) is 0.538. The van der Waals surface area contributed by atoms with E-state index in [-0.39, 0.29) is 17.8 Å². The Labute approximate surface area is 101 Å². The molecule has 2 atom stereocenters. The van der Waals surface area contributed by atoms with Crippen LogP contribution in [0.15, 0.2) is 18.2 Å². The van der Waals surface area contributed by atoms with E-state index in [2.05, 4.69) is 10.6 Å². The van der Waals surface area contributed by atoms with Gasteiger partial charge >= 0.3 is 0 Å². The number of aliphatic hydroxyl groups is 1. The Morgan fingerprint density at radius 3 is 2.94 bits per heavy atom. The Hall–Kier alpha value is -0.970. The number of benzene rings is 1. The van der Waals surface area contributed by atoms with Crippen molar-refractivity contribution in [2.45, 2.75) is 19.6 Å². The van der Waals surface area contributed by atoms with Crippen LogP contribution in [0.4, 0.5) is 4.39 Å². The summed E-state index contributed by atoms with van der Waals surface area (Å²) >= 11 is 0. The van der Waals surface area contributed by atoms with Gasteiger partial charge in [0.25, 0.3) is 0 Å². The van der Waals surface area contributed by atoms with Crippen molar-refractivity contribution in [1.29, 1.82) is 0 Å². The summed E-state index contributed by atoms with van der Waals surface area (Å²) < 4.78 is 12.9. The van der Waals surface area contributed by atoms with Gasteiger partial charge in [-0.25, -0.2) is 4.39 Å². The van der Waals surface area contributed by atoms with Crippen molar-refractivity contribution in [3.05, 3.63) is 35.1 Å². The zero-order chi connectivity index (χ0) is 12.3. The van der Waals surface area contributed by atoms with Crippen LogP contribution in [-0.4, -0.2) is 30.8 Å². The van der Waals surface area contributed by atoms with Gasteiger partial charge in [0.15, 0.2) is 0 Å². The first-order valence-electron chi connectivity index (χ1n) is 6.01. The van der Waals surface area contributed by atoms with Crippen LogP contribution in [0, 0.1) is 18.7 Å². The number of hydrogen-bond donors (Lipinski definition) is 3. The van der Waals surface area contributed by atoms with E-state index in [0.717, 1.165) is 30.8 Å². The number of nitrogens with one attached hydrogen (secondary N) is 2. The van der Waals surface area contributed by atoms with Crippen LogP contribution in [0.2, 0.25) is 0 Å². The third-order valence-corrected chi connectivity index (χ3v) is 3.33. The molecule has 1 heterocycles. The zero-order valence-corrected chi connectivity index (χ0v) is 10.0. The van der Waals surface area contributed by atoms with Gasteiger partial charge in [-0.3, -0.25) is 0 Å². The summed E-state index contributed by atoms with van der Waals surface area (Å²) in [6.45, 7) is 4.95. The van der Waals surface area contributed by atoms with Gasteiger partial charge in [0, 0.05) is 32.1 Å². The molecule has 1 aliphatic rings. The first-order valence-corrected chi connectivity index (χ1v) is 6.01. The predicted octanol–water partition coefficient (Wildman–Crippen LogP) is 0.804. The molecule has 0 bridgehead atoms. The lowest BCUT2D eigenvalue weighted by Gasteiger charge is -2.14. The van der Waals surface area contributed by atoms with Gasteiger partial charge in [-0.15, -0.1) is 0 Å². The van der Waals surface area contributed by atoms with Gasteiger partial charge in [-0.1, -0.05) is 6.07 Å². The molecular weight excluding hydrogens is 219 g/mol. The molecule has 0 aliphatic carbocycles. The zero-order valence-electron chi connectivity index (χ0n) is 10.0. The second kappa shape index (κ2) is 5.58. The lowest BCUT2D eigenvalue weighted by atomic mass is 10.1. The van der Waals surface area contributed by atoms with E-state index in [1.807, 2.05) is 6.92 Å². The molecule has 2 rings (SSSR count). The van der Waals surface area contributed by atoms with E-state index in [0.29, 0.717) is 6.54 Å². The molecule has 1 aromatic carbocycles. The van der Waals surface area contributed by atoms with E-state index >= 15 is 0 Å². The van der Waals surface area contributed by atoms with E-state index < -0.39 is 0 Å². The predicted molar refractivity (Wildman–Crippen MR) is 65.2 cm³/mol. The molecule has 3 N–H and O–H groups in total. The van der Waals surface area contributed by atoms with E-state index in [1.165, 1.54) is 6.07 Å². The number of hydrogen-bond acceptors (Lipinski definition) is 3. The quantitative estimate of drug-likeness (QED) is 0.727. The second-order valence-corrected chi connectivity index (χ2v) is 4.69. The van der Waals surface area contributed by atoms with Crippen LogP contribution in [0.25, 0.3) is 0 Å². The minimum absolute atomic E-state index is 0.193. The molecule has 2 unspecified atom stereocenters. The molecule has 3 nitrogen and oxygen atoms in total. The Kier molecular flexibility index (Phi) is 4.10. The maximum Gasteiger partial charge on any atom is 0.123 e. The summed E-state index contributed by atoms with van der Waals surface area (Å²) in [5.74, 6) is 0.0809. The van der Waals surface area contributed by atoms with Crippen molar-refractivity contribution >= 4 is 0 Å². The van der Waals surface area contributed by atoms with Crippen molar-refractivity contribution in [3.8, 4) is 0 Å². The van der Waals surface area contributed by atoms with E-state index in [9.17, 15) is 9.50 Å². The van der Waals surface area contributed by atoms with Crippen molar-refractivity contribution in [3.63, 3.8) is 0 Å². The maximum atomic E-state index is 12.9. The Bertz CT molecular complexity index is 384. The van der Waals surface area contributed by atoms with E-state index in [4.69, 9.17) is 0 Å². The highest BCUT2D eigenvalue weighted by Crippen LogP contribution is 2.11. The lowest BCUT2D eigenvalue weighted by molar-refractivity contribution is 0.146. The van der Waals surface area contributed by atoms with Crippen LogP contribution in [0.3, 0.4) is 0 Å². The normalized spacial score (nSPS) is 24.2. The highest BCUT2D eigenvalue weighted by molar-refractivity contribution is 5.26. The summed E-state index contributed by atoms with van der Waals surface area (Å²) in [5, 5.41) is 16.1. The number of aryl methyl sites for hydroxylation is 1. The van der Waals surface area contributed by atoms with Crippen LogP contribution < -0.4 is 10.6 Å². The maximum absolute atomic E-state index is 12.9. The average Bonchev–Trinajstić information content (AvgIpc) is 2.68. The molecule has 0 radical (unpaired) electrons. The third kappa shape index (κ3) is 3.25. The molecule has 1 aliphatic heterocycles. The first kappa shape index (κ1) is 12.5. The molecule has 1 saturated heterocycles. The van der Waals surface area contributed by atoms with Crippen molar-refractivity contribution in [2.24, 2.45) is 5.92 Å². The second-order valence-electron chi connectivity index (χ2n) is 4.69. The fourth-order valence-corrected chi connectivity index (χ4v) is 2.18. The Balaban J connectivity index is 1.81. The van der Waals surface area contributed by atoms with Gasteiger partial charge in [-0.05, 0) is 30.2 Å². The summed E-state index contributed by atoms with van der Waals surface area (Å²) in [4.78, 5) is 0. The highest BCUT2D eigenvalue weighted by Gasteiger charge is 2.23. The van der Waals surface area contributed by atoms with E-state index in [1.54, 1.807) is 12.1 Å². The molecule has 0 saturated carbocycles. The average molecular weight is 238 g/mol. The minimum Gasteiger partial charge on any atom is -0.391 e. The van der Waals surface area contributed by atoms with Crippen molar-refractivity contribution in [1.82, 2.24) is 10.6 Å². The van der Waals surface area contributed by atoms with Gasteiger partial charge in [0.2, 0.25) is 0 Å². The molecule has 4 heteroatoms. The summed E-state index contributed by atoms with van der Waals surface area (Å²) in [7, 11) is 0. The molecule has 0 aromatic heterocycles. The van der Waals surface area contributed by atoms with Crippen molar-refractivity contribution < 1.29 is 9.50 Å². The largest absolute Gasteiger partial charge is 0.391 e. The Morgan fingerprint density at radius 1 is 1.47 bits per heavy atom. The van der Waals surface area contributed by atoms with Gasteiger partial charge in [-0.2, -0.15) is 0 Å². The van der Waals surface area contributed by atoms with Crippen LogP contribution in [-0.2, 0) is 6.54 Å². The van der Waals surface area contributed by atoms with Gasteiger partial charge < -0.3 is 15.7 Å². The summed E-state index contributed by atoms with van der Waals surface area (Å²) in [6, 6.07) is 4.83. The van der Waals surface area contributed by atoms with Crippen LogP contribution in [0.5, 0.6) is 0 Å². The molecule has 1 fully saturated rings. The van der Waals surface area contributed by atoms with Crippen molar-refractivity contribution in [2.75, 3.05) is 19.6 Å². The SMILES string of the molecule is Cc1cc(F)ccc1CNCC1CNCC1O. The Morgan fingerprint density at radius 2 is 2.29 bits per heavy atom. The fourth-order valence-electron chi connectivity index (χ4n) is 2.18. The molecular formula is C13H19FN2O. The number of aliphatic hydroxyl groups excluding tert-OH is 1. The molecule has 17 heavy (non-hydrogen) atoms. The summed E-state index contributed by atoms with van der Waals surface area (Å²) in [6.07, 6.45) is -0.253. The lowest BCUT2D eigenvalue weighted by Crippen LogP contribution is -2.30. The molecule has 94 valence electrons.